The lowest BCUT2D eigenvalue weighted by Gasteiger charge is -2.17. The van der Waals surface area contributed by atoms with Crippen molar-refractivity contribution in [3.05, 3.63) is 52.7 Å². The lowest BCUT2D eigenvalue weighted by atomic mass is 10.1. The highest BCUT2D eigenvalue weighted by molar-refractivity contribution is 5.92. The van der Waals surface area contributed by atoms with Gasteiger partial charge in [-0.2, -0.15) is 5.26 Å². The molecule has 0 radical (unpaired) electrons. The van der Waals surface area contributed by atoms with Gasteiger partial charge in [-0.3, -0.25) is 4.79 Å². The van der Waals surface area contributed by atoms with Gasteiger partial charge in [0.1, 0.15) is 17.9 Å². The smallest absolute Gasteiger partial charge is 0.280 e. The maximum atomic E-state index is 12.6. The zero-order valence-corrected chi connectivity index (χ0v) is 16.9. The number of nitrogens with zero attached hydrogens (tertiary/aromatic N) is 2. The van der Waals surface area contributed by atoms with Gasteiger partial charge in [0.05, 0.1) is 18.2 Å². The van der Waals surface area contributed by atoms with E-state index in [1.54, 1.807) is 0 Å². The van der Waals surface area contributed by atoms with Crippen LogP contribution in [0.3, 0.4) is 0 Å². The summed E-state index contributed by atoms with van der Waals surface area (Å²) in [6.45, 7) is 7.74. The summed E-state index contributed by atoms with van der Waals surface area (Å²) in [5.41, 5.74) is 3.64. The van der Waals surface area contributed by atoms with Crippen LogP contribution >= 0.6 is 0 Å². The van der Waals surface area contributed by atoms with Crippen molar-refractivity contribution in [2.24, 2.45) is 0 Å². The normalized spacial score (nSPS) is 17.3. The van der Waals surface area contributed by atoms with E-state index in [2.05, 4.69) is 30.4 Å². The zero-order valence-electron chi connectivity index (χ0n) is 16.9. The first-order valence-corrected chi connectivity index (χ1v) is 9.90. The number of amides is 1. The van der Waals surface area contributed by atoms with Crippen LogP contribution in [0.15, 0.2) is 30.3 Å². The van der Waals surface area contributed by atoms with Gasteiger partial charge in [0, 0.05) is 17.9 Å². The quantitative estimate of drug-likeness (QED) is 0.773. The number of carbonyl (C=O) groups excluding carboxylic acids is 1. The average molecular weight is 382 g/mol. The maximum absolute atomic E-state index is 12.6. The molecule has 1 saturated heterocycles. The summed E-state index contributed by atoms with van der Waals surface area (Å²) in [7, 11) is 0. The van der Waals surface area contributed by atoms with E-state index in [1.165, 1.54) is 5.56 Å². The predicted octanol–water partition coefficient (Wildman–Crippen LogP) is 2.42. The van der Waals surface area contributed by atoms with Crippen molar-refractivity contribution < 1.29 is 14.8 Å². The number of quaternary nitrogens is 1. The topological polar surface area (TPSA) is 83.7 Å². The molecular formula is C22H29N4O2+. The Hall–Kier alpha value is -2.62. The molecule has 3 N–H and O–H groups in total. The lowest BCUT2D eigenvalue weighted by molar-refractivity contribution is -0.682. The van der Waals surface area contributed by atoms with E-state index >= 15 is 0 Å². The van der Waals surface area contributed by atoms with Crippen LogP contribution < -0.4 is 10.6 Å². The van der Waals surface area contributed by atoms with E-state index in [1.807, 2.05) is 41.9 Å². The van der Waals surface area contributed by atoms with E-state index in [0.29, 0.717) is 24.5 Å². The summed E-state index contributed by atoms with van der Waals surface area (Å²) in [6.07, 6.45) is 2.20. The minimum absolute atomic E-state index is 0.106. The third-order valence-electron chi connectivity index (χ3n) is 5.59. The molecule has 2 atom stereocenters. The Morgan fingerprint density at radius 1 is 1.39 bits per heavy atom. The number of nitrogens with two attached hydrogens (primary N) is 1. The zero-order chi connectivity index (χ0) is 20.1. The third-order valence-corrected chi connectivity index (χ3v) is 5.59. The first kappa shape index (κ1) is 20.1. The molecule has 3 rings (SSSR count). The standard InChI is InChI=1S/C22H28N4O2/c1-15-17(3)26(14-19-10-7-11-28-19)22(20(15)12-23)25-21(27)13-24-16(2)18-8-5-4-6-9-18/h4-6,8-9,16,19,24H,7,10-11,13-14H2,1-3H3,(H,25,27)/p+1/t16-,19+/m1/s1. The molecule has 1 aliphatic heterocycles. The second-order valence-corrected chi connectivity index (χ2v) is 7.48. The highest BCUT2D eigenvalue weighted by Gasteiger charge is 2.24. The number of ether oxygens (including phenoxy) is 1. The fourth-order valence-electron chi connectivity index (χ4n) is 3.71. The first-order chi connectivity index (χ1) is 13.5. The van der Waals surface area contributed by atoms with Crippen LogP contribution in [0.4, 0.5) is 5.82 Å². The molecule has 6 heteroatoms. The molecule has 28 heavy (non-hydrogen) atoms. The Morgan fingerprint density at radius 2 is 2.14 bits per heavy atom. The van der Waals surface area contributed by atoms with Crippen molar-refractivity contribution in [1.29, 1.82) is 5.26 Å². The van der Waals surface area contributed by atoms with Crippen LogP contribution in [0.1, 0.15) is 48.2 Å². The van der Waals surface area contributed by atoms with Crippen molar-refractivity contribution in [3.63, 3.8) is 0 Å². The van der Waals surface area contributed by atoms with Crippen LogP contribution in [0.5, 0.6) is 0 Å². The Balaban J connectivity index is 1.70. The number of hydrogen-bond acceptors (Lipinski definition) is 3. The van der Waals surface area contributed by atoms with E-state index in [-0.39, 0.29) is 18.1 Å². The summed E-state index contributed by atoms with van der Waals surface area (Å²) in [5, 5.41) is 14.6. The SMILES string of the molecule is Cc1c(C#N)c(NC(=O)C[NH2+][C@H](C)c2ccccc2)n(C[C@@H]2CCCO2)c1C. The number of aromatic nitrogens is 1. The van der Waals surface area contributed by atoms with Crippen molar-refractivity contribution in [3.8, 4) is 6.07 Å². The molecule has 1 fully saturated rings. The Bertz CT molecular complexity index is 861. The van der Waals surface area contributed by atoms with Gasteiger partial charge in [-0.05, 0) is 39.2 Å². The third kappa shape index (κ3) is 4.44. The molecule has 6 nitrogen and oxygen atoms in total. The van der Waals surface area contributed by atoms with Crippen molar-refractivity contribution in [2.75, 3.05) is 18.5 Å². The molecule has 0 unspecified atom stereocenters. The minimum atomic E-state index is -0.106. The molecular weight excluding hydrogens is 352 g/mol. The number of carbonyl (C=O) groups is 1. The van der Waals surface area contributed by atoms with E-state index in [0.717, 1.165) is 30.7 Å². The summed E-state index contributed by atoms with van der Waals surface area (Å²) >= 11 is 0. The molecule has 0 spiro atoms. The Kier molecular flexibility index (Phi) is 6.50. The van der Waals surface area contributed by atoms with Gasteiger partial charge in [-0.1, -0.05) is 30.3 Å². The number of benzene rings is 1. The van der Waals surface area contributed by atoms with Gasteiger partial charge in [0.15, 0.2) is 6.54 Å². The van der Waals surface area contributed by atoms with Crippen LogP contribution in [0.2, 0.25) is 0 Å². The van der Waals surface area contributed by atoms with Crippen molar-refractivity contribution in [2.45, 2.75) is 52.3 Å². The monoisotopic (exact) mass is 381 g/mol. The van der Waals surface area contributed by atoms with Crippen LogP contribution in [0, 0.1) is 25.2 Å². The van der Waals surface area contributed by atoms with Gasteiger partial charge in [0.25, 0.3) is 5.91 Å². The molecule has 2 aromatic rings. The second kappa shape index (κ2) is 9.05. The maximum Gasteiger partial charge on any atom is 0.280 e. The average Bonchev–Trinajstić information content (AvgIpc) is 3.30. The largest absolute Gasteiger partial charge is 0.376 e. The summed E-state index contributed by atoms with van der Waals surface area (Å²) in [6, 6.07) is 12.6. The number of nitrogens with one attached hydrogen (secondary N) is 1. The predicted molar refractivity (Wildman–Crippen MR) is 108 cm³/mol. The van der Waals surface area contributed by atoms with Crippen molar-refractivity contribution in [1.82, 2.24) is 4.57 Å². The molecule has 0 saturated carbocycles. The van der Waals surface area contributed by atoms with Gasteiger partial charge in [-0.15, -0.1) is 0 Å². The van der Waals surface area contributed by atoms with Gasteiger partial charge in [0.2, 0.25) is 0 Å². The Morgan fingerprint density at radius 3 is 2.79 bits per heavy atom. The number of anilines is 1. The molecule has 0 aliphatic carbocycles. The molecule has 1 aromatic heterocycles. The molecule has 1 amide bonds. The minimum Gasteiger partial charge on any atom is -0.376 e. The van der Waals surface area contributed by atoms with Gasteiger partial charge in [-0.25, -0.2) is 0 Å². The number of nitriles is 1. The number of rotatable bonds is 7. The molecule has 1 aromatic carbocycles. The fraction of sp³-hybridized carbons (Fsp3) is 0.455. The summed E-state index contributed by atoms with van der Waals surface area (Å²) in [5.74, 6) is 0.490. The van der Waals surface area contributed by atoms with E-state index < -0.39 is 0 Å². The fourth-order valence-corrected chi connectivity index (χ4v) is 3.71. The molecule has 0 bridgehead atoms. The van der Waals surface area contributed by atoms with E-state index in [9.17, 15) is 10.1 Å². The number of hydrogen-bond donors (Lipinski definition) is 2. The van der Waals surface area contributed by atoms with Gasteiger partial charge < -0.3 is 19.9 Å². The highest BCUT2D eigenvalue weighted by Crippen LogP contribution is 2.28. The molecule has 2 heterocycles. The second-order valence-electron chi connectivity index (χ2n) is 7.48. The summed E-state index contributed by atoms with van der Waals surface area (Å²) < 4.78 is 7.79. The highest BCUT2D eigenvalue weighted by atomic mass is 16.5. The Labute approximate surface area is 166 Å². The van der Waals surface area contributed by atoms with Crippen LogP contribution in [-0.2, 0) is 16.1 Å². The molecule has 148 valence electrons. The van der Waals surface area contributed by atoms with Gasteiger partial charge >= 0.3 is 0 Å². The van der Waals surface area contributed by atoms with Crippen molar-refractivity contribution >= 4 is 11.7 Å². The van der Waals surface area contributed by atoms with Crippen LogP contribution in [-0.4, -0.2) is 29.7 Å². The summed E-state index contributed by atoms with van der Waals surface area (Å²) in [4.78, 5) is 12.6. The van der Waals surface area contributed by atoms with Crippen LogP contribution in [0.25, 0.3) is 0 Å². The lowest BCUT2D eigenvalue weighted by Crippen LogP contribution is -2.86. The first-order valence-electron chi connectivity index (χ1n) is 9.90. The molecule has 1 aliphatic rings. The van der Waals surface area contributed by atoms with E-state index in [4.69, 9.17) is 4.74 Å².